The van der Waals surface area contributed by atoms with Gasteiger partial charge in [-0.25, -0.2) is 0 Å². The third-order valence-electron chi connectivity index (χ3n) is 3.71. The maximum atomic E-state index is 11.5. The second-order valence-electron chi connectivity index (χ2n) is 6.18. The number of amides is 1. The third kappa shape index (κ3) is 3.95. The molecule has 1 atom stereocenters. The summed E-state index contributed by atoms with van der Waals surface area (Å²) in [6.45, 7) is 7.53. The molecular weight excluding hydrogens is 228 g/mol. The Morgan fingerprint density at radius 2 is 2.11 bits per heavy atom. The molecule has 1 saturated heterocycles. The molecule has 2 rings (SSSR count). The van der Waals surface area contributed by atoms with E-state index in [1.54, 1.807) is 0 Å². The Morgan fingerprint density at radius 1 is 1.39 bits per heavy atom. The summed E-state index contributed by atoms with van der Waals surface area (Å²) in [5.41, 5.74) is 0. The van der Waals surface area contributed by atoms with Crippen molar-refractivity contribution >= 4 is 5.91 Å². The number of carbonyl (C=O) groups excluding carboxylic acids is 1. The fourth-order valence-corrected chi connectivity index (χ4v) is 2.76. The fraction of sp³-hybridized carbons (Fsp3) is 0.929. The molecule has 1 amide bonds. The molecule has 1 aliphatic heterocycles. The number of rotatable bonds is 7. The Balaban J connectivity index is 1.77. The Morgan fingerprint density at radius 3 is 2.61 bits per heavy atom. The molecule has 104 valence electrons. The summed E-state index contributed by atoms with van der Waals surface area (Å²) in [5, 5.41) is 10.2. The molecule has 0 radical (unpaired) electrons. The summed E-state index contributed by atoms with van der Waals surface area (Å²) in [7, 11) is 0. The van der Waals surface area contributed by atoms with Gasteiger partial charge < -0.3 is 10.0 Å². The van der Waals surface area contributed by atoms with Gasteiger partial charge in [-0.3, -0.25) is 9.69 Å². The third-order valence-corrected chi connectivity index (χ3v) is 3.71. The van der Waals surface area contributed by atoms with Gasteiger partial charge in [-0.15, -0.1) is 0 Å². The number of β-amino-alcohol motifs (C(OH)–C–C–N with tert-alkyl or cyclic N) is 1. The number of likely N-dealkylation sites (tertiary alicyclic amines) is 1. The molecule has 4 nitrogen and oxygen atoms in total. The standard InChI is InChI=1S/C14H26N2O2/c1-11(2)8-16(12-5-6-12)10-13(17)9-15-7-3-4-14(15)18/h11-13,17H,3-10H2,1-2H3. The number of aliphatic hydroxyl groups excluding tert-OH is 1. The minimum absolute atomic E-state index is 0.205. The SMILES string of the molecule is CC(C)CN(CC(O)CN1CCCC1=O)C1CC1. The van der Waals surface area contributed by atoms with Crippen molar-refractivity contribution in [1.29, 1.82) is 0 Å². The highest BCUT2D eigenvalue weighted by Gasteiger charge is 2.31. The van der Waals surface area contributed by atoms with Gasteiger partial charge >= 0.3 is 0 Å². The number of hydrogen-bond acceptors (Lipinski definition) is 3. The zero-order chi connectivity index (χ0) is 13.1. The van der Waals surface area contributed by atoms with Crippen LogP contribution in [0, 0.1) is 5.92 Å². The molecule has 0 aromatic heterocycles. The molecule has 2 fully saturated rings. The lowest BCUT2D eigenvalue weighted by Gasteiger charge is -2.28. The lowest BCUT2D eigenvalue weighted by molar-refractivity contribution is -0.129. The molecular formula is C14H26N2O2. The lowest BCUT2D eigenvalue weighted by atomic mass is 10.2. The van der Waals surface area contributed by atoms with E-state index in [4.69, 9.17) is 0 Å². The average Bonchev–Trinajstić information content (AvgIpc) is 3.04. The van der Waals surface area contributed by atoms with Crippen LogP contribution in [-0.2, 0) is 4.79 Å². The fourth-order valence-electron chi connectivity index (χ4n) is 2.76. The van der Waals surface area contributed by atoms with Crippen LogP contribution in [0.2, 0.25) is 0 Å². The molecule has 18 heavy (non-hydrogen) atoms. The predicted molar refractivity (Wildman–Crippen MR) is 71.3 cm³/mol. The van der Waals surface area contributed by atoms with E-state index >= 15 is 0 Å². The summed E-state index contributed by atoms with van der Waals surface area (Å²) in [6.07, 6.45) is 3.74. The zero-order valence-electron chi connectivity index (χ0n) is 11.6. The van der Waals surface area contributed by atoms with Crippen molar-refractivity contribution in [2.75, 3.05) is 26.2 Å². The van der Waals surface area contributed by atoms with Crippen LogP contribution >= 0.6 is 0 Å². The Hall–Kier alpha value is -0.610. The Kier molecular flexibility index (Phi) is 4.62. The minimum Gasteiger partial charge on any atom is -0.390 e. The van der Waals surface area contributed by atoms with Gasteiger partial charge in [0.15, 0.2) is 0 Å². The molecule has 0 bridgehead atoms. The van der Waals surface area contributed by atoms with Gasteiger partial charge in [-0.1, -0.05) is 13.8 Å². The second-order valence-corrected chi connectivity index (χ2v) is 6.18. The summed E-state index contributed by atoms with van der Waals surface area (Å²) >= 11 is 0. The van der Waals surface area contributed by atoms with Crippen LogP contribution in [0.25, 0.3) is 0 Å². The lowest BCUT2D eigenvalue weighted by Crippen LogP contribution is -2.42. The normalized spacial score (nSPS) is 22.3. The highest BCUT2D eigenvalue weighted by Crippen LogP contribution is 2.27. The maximum Gasteiger partial charge on any atom is 0.222 e. The van der Waals surface area contributed by atoms with E-state index in [0.717, 1.165) is 19.5 Å². The van der Waals surface area contributed by atoms with E-state index < -0.39 is 6.10 Å². The van der Waals surface area contributed by atoms with E-state index in [2.05, 4.69) is 18.7 Å². The van der Waals surface area contributed by atoms with Gasteiger partial charge in [0.2, 0.25) is 5.91 Å². The van der Waals surface area contributed by atoms with Gasteiger partial charge in [0.25, 0.3) is 0 Å². The number of carbonyl (C=O) groups is 1. The van der Waals surface area contributed by atoms with E-state index in [9.17, 15) is 9.90 Å². The largest absolute Gasteiger partial charge is 0.390 e. The molecule has 1 heterocycles. The van der Waals surface area contributed by atoms with Crippen molar-refractivity contribution in [3.8, 4) is 0 Å². The van der Waals surface area contributed by atoms with Gasteiger partial charge in [0, 0.05) is 38.6 Å². The van der Waals surface area contributed by atoms with Gasteiger partial charge in [0.05, 0.1) is 6.10 Å². The molecule has 1 saturated carbocycles. The number of nitrogens with zero attached hydrogens (tertiary/aromatic N) is 2. The molecule has 1 unspecified atom stereocenters. The molecule has 1 aliphatic carbocycles. The minimum atomic E-state index is -0.397. The summed E-state index contributed by atoms with van der Waals surface area (Å²) < 4.78 is 0. The van der Waals surface area contributed by atoms with Crippen LogP contribution in [0.3, 0.4) is 0 Å². The highest BCUT2D eigenvalue weighted by atomic mass is 16.3. The van der Waals surface area contributed by atoms with Crippen LogP contribution in [0.1, 0.15) is 39.5 Å². The van der Waals surface area contributed by atoms with Crippen molar-refractivity contribution in [2.45, 2.75) is 51.7 Å². The molecule has 0 spiro atoms. The molecule has 0 aromatic rings. The van der Waals surface area contributed by atoms with E-state index in [0.29, 0.717) is 31.5 Å². The van der Waals surface area contributed by atoms with Gasteiger partial charge in [-0.2, -0.15) is 0 Å². The quantitative estimate of drug-likeness (QED) is 0.739. The predicted octanol–water partition coefficient (Wildman–Crippen LogP) is 1.09. The van der Waals surface area contributed by atoms with Crippen molar-refractivity contribution in [3.63, 3.8) is 0 Å². The summed E-state index contributed by atoms with van der Waals surface area (Å²) in [6, 6.07) is 0.677. The number of aliphatic hydroxyl groups is 1. The van der Waals surface area contributed by atoms with Crippen LogP contribution in [0.15, 0.2) is 0 Å². The zero-order valence-corrected chi connectivity index (χ0v) is 11.6. The Bertz CT molecular complexity index is 290. The van der Waals surface area contributed by atoms with Gasteiger partial charge in [-0.05, 0) is 25.2 Å². The van der Waals surface area contributed by atoms with Crippen LogP contribution in [0.5, 0.6) is 0 Å². The molecule has 4 heteroatoms. The maximum absolute atomic E-state index is 11.5. The first kappa shape index (κ1) is 13.8. The summed E-state index contributed by atoms with van der Waals surface area (Å²) in [5.74, 6) is 0.835. The first-order valence-electron chi connectivity index (χ1n) is 7.26. The summed E-state index contributed by atoms with van der Waals surface area (Å²) in [4.78, 5) is 15.7. The van der Waals surface area contributed by atoms with Crippen LogP contribution < -0.4 is 0 Å². The van der Waals surface area contributed by atoms with E-state index in [-0.39, 0.29) is 5.91 Å². The first-order valence-corrected chi connectivity index (χ1v) is 7.26. The monoisotopic (exact) mass is 254 g/mol. The second kappa shape index (κ2) is 6.02. The van der Waals surface area contributed by atoms with Crippen molar-refractivity contribution in [3.05, 3.63) is 0 Å². The number of hydrogen-bond donors (Lipinski definition) is 1. The molecule has 0 aromatic carbocycles. The van der Waals surface area contributed by atoms with Crippen molar-refractivity contribution < 1.29 is 9.90 Å². The van der Waals surface area contributed by atoms with Crippen molar-refractivity contribution in [1.82, 2.24) is 9.80 Å². The van der Waals surface area contributed by atoms with Gasteiger partial charge in [0.1, 0.15) is 0 Å². The first-order chi connectivity index (χ1) is 8.56. The highest BCUT2D eigenvalue weighted by molar-refractivity contribution is 5.78. The van der Waals surface area contributed by atoms with Crippen molar-refractivity contribution in [2.24, 2.45) is 5.92 Å². The van der Waals surface area contributed by atoms with E-state index in [1.165, 1.54) is 12.8 Å². The van der Waals surface area contributed by atoms with Crippen LogP contribution in [0.4, 0.5) is 0 Å². The molecule has 1 N–H and O–H groups in total. The Labute approximate surface area is 110 Å². The molecule has 2 aliphatic rings. The topological polar surface area (TPSA) is 43.8 Å². The average molecular weight is 254 g/mol. The van der Waals surface area contributed by atoms with Crippen LogP contribution in [-0.4, -0.2) is 59.1 Å². The van der Waals surface area contributed by atoms with E-state index in [1.807, 2.05) is 4.90 Å². The smallest absolute Gasteiger partial charge is 0.222 e.